The molecule has 0 atom stereocenters. The molecule has 1 heterocycles. The van der Waals surface area contributed by atoms with Crippen molar-refractivity contribution in [3.63, 3.8) is 0 Å². The Balaban J connectivity index is 2.06. The molecule has 1 aromatic carbocycles. The van der Waals surface area contributed by atoms with E-state index < -0.39 is 0 Å². The molecular weight excluding hydrogens is 216 g/mol. The van der Waals surface area contributed by atoms with Crippen LogP contribution in [-0.2, 0) is 0 Å². The number of hydrogen-bond donors (Lipinski definition) is 3. The highest BCUT2D eigenvalue weighted by Crippen LogP contribution is 2.10. The largest absolute Gasteiger partial charge is 0.508 e. The molecule has 0 radical (unpaired) electrons. The number of hydrogen-bond acceptors (Lipinski definition) is 3. The summed E-state index contributed by atoms with van der Waals surface area (Å²) in [6.07, 6.45) is 8.89. The predicted octanol–water partition coefficient (Wildman–Crippen LogP) is 1.64. The number of amides is 1. The van der Waals surface area contributed by atoms with Crippen LogP contribution in [0.15, 0.2) is 60.6 Å². The van der Waals surface area contributed by atoms with E-state index in [2.05, 4.69) is 10.6 Å². The first-order chi connectivity index (χ1) is 8.25. The summed E-state index contributed by atoms with van der Waals surface area (Å²) in [6, 6.07) is 6.09. The summed E-state index contributed by atoms with van der Waals surface area (Å²) < 4.78 is 0. The van der Waals surface area contributed by atoms with Crippen molar-refractivity contribution in [2.24, 2.45) is 0 Å². The number of nitrogens with one attached hydrogen (secondary N) is 2. The zero-order valence-corrected chi connectivity index (χ0v) is 9.05. The van der Waals surface area contributed by atoms with Gasteiger partial charge in [-0.15, -0.1) is 0 Å². The molecule has 4 nitrogen and oxygen atoms in total. The van der Waals surface area contributed by atoms with E-state index in [1.165, 1.54) is 12.1 Å². The van der Waals surface area contributed by atoms with Gasteiger partial charge in [0.05, 0.1) is 5.70 Å². The van der Waals surface area contributed by atoms with Crippen LogP contribution < -0.4 is 10.6 Å². The van der Waals surface area contributed by atoms with Crippen LogP contribution in [0.4, 0.5) is 0 Å². The molecule has 2 rings (SSSR count). The van der Waals surface area contributed by atoms with Crippen LogP contribution in [0.25, 0.3) is 0 Å². The maximum atomic E-state index is 11.8. The third-order valence-corrected chi connectivity index (χ3v) is 2.21. The fraction of sp³-hybridized carbons (Fsp3) is 0. The van der Waals surface area contributed by atoms with Gasteiger partial charge in [-0.25, -0.2) is 0 Å². The first kappa shape index (κ1) is 11.0. The molecule has 0 aliphatic carbocycles. The second-order valence-electron chi connectivity index (χ2n) is 3.49. The molecule has 0 unspecified atom stereocenters. The Hall–Kier alpha value is -2.49. The summed E-state index contributed by atoms with van der Waals surface area (Å²) in [4.78, 5) is 11.8. The first-order valence-corrected chi connectivity index (χ1v) is 5.15. The van der Waals surface area contributed by atoms with Crippen molar-refractivity contribution in [3.05, 3.63) is 66.2 Å². The molecule has 0 spiro atoms. The number of carbonyl (C=O) groups excluding carboxylic acids is 1. The normalized spacial score (nSPS) is 13.5. The van der Waals surface area contributed by atoms with Gasteiger partial charge in [0.15, 0.2) is 0 Å². The summed E-state index contributed by atoms with van der Waals surface area (Å²) in [5.74, 6) is -0.0782. The number of phenolic OH excluding ortho intramolecular Hbond substituents is 1. The summed E-state index contributed by atoms with van der Waals surface area (Å²) in [5, 5.41) is 14.8. The van der Waals surface area contributed by atoms with E-state index in [4.69, 9.17) is 5.11 Å². The Labute approximate surface area is 99.0 Å². The lowest BCUT2D eigenvalue weighted by molar-refractivity contribution is 0.0967. The van der Waals surface area contributed by atoms with Gasteiger partial charge in [0, 0.05) is 18.0 Å². The van der Waals surface area contributed by atoms with Gasteiger partial charge in [-0.3, -0.25) is 4.79 Å². The fourth-order valence-electron chi connectivity index (χ4n) is 1.35. The van der Waals surface area contributed by atoms with Crippen LogP contribution >= 0.6 is 0 Å². The monoisotopic (exact) mass is 228 g/mol. The maximum Gasteiger partial charge on any atom is 0.255 e. The van der Waals surface area contributed by atoms with E-state index in [-0.39, 0.29) is 11.7 Å². The summed E-state index contributed by atoms with van der Waals surface area (Å²) in [5.41, 5.74) is 1.17. The second-order valence-corrected chi connectivity index (χ2v) is 3.49. The van der Waals surface area contributed by atoms with E-state index in [0.717, 1.165) is 0 Å². The zero-order chi connectivity index (χ0) is 12.1. The molecule has 3 N–H and O–H groups in total. The van der Waals surface area contributed by atoms with E-state index in [1.54, 1.807) is 30.6 Å². The van der Waals surface area contributed by atoms with Crippen molar-refractivity contribution in [1.82, 2.24) is 10.6 Å². The molecule has 0 bridgehead atoms. The number of carbonyl (C=O) groups is 1. The van der Waals surface area contributed by atoms with Crippen LogP contribution in [0.5, 0.6) is 5.75 Å². The van der Waals surface area contributed by atoms with Gasteiger partial charge in [-0.2, -0.15) is 0 Å². The molecule has 17 heavy (non-hydrogen) atoms. The van der Waals surface area contributed by atoms with Gasteiger partial charge in [0.25, 0.3) is 5.91 Å². The number of rotatable bonds is 2. The van der Waals surface area contributed by atoms with E-state index in [1.807, 2.05) is 12.2 Å². The average molecular weight is 228 g/mol. The van der Waals surface area contributed by atoms with Crippen molar-refractivity contribution in [1.29, 1.82) is 0 Å². The standard InChI is InChI=1S/C13H12N2O2/c16-12-6-4-10(5-7-12)13(17)15-11-3-1-2-8-14-9-11/h1-9,14,16H,(H,15,17). The highest BCUT2D eigenvalue weighted by atomic mass is 16.3. The lowest BCUT2D eigenvalue weighted by Gasteiger charge is -2.05. The topological polar surface area (TPSA) is 61.4 Å². The Morgan fingerprint density at radius 3 is 2.71 bits per heavy atom. The van der Waals surface area contributed by atoms with Gasteiger partial charge >= 0.3 is 0 Å². The number of allylic oxidation sites excluding steroid dienone is 3. The van der Waals surface area contributed by atoms with E-state index in [9.17, 15) is 4.79 Å². The van der Waals surface area contributed by atoms with Gasteiger partial charge in [-0.1, -0.05) is 6.08 Å². The molecule has 0 saturated carbocycles. The van der Waals surface area contributed by atoms with Crippen LogP contribution in [0.3, 0.4) is 0 Å². The quantitative estimate of drug-likeness (QED) is 0.721. The van der Waals surface area contributed by atoms with Gasteiger partial charge in [0.1, 0.15) is 5.75 Å². The Morgan fingerprint density at radius 2 is 1.94 bits per heavy atom. The summed E-state index contributed by atoms with van der Waals surface area (Å²) >= 11 is 0. The summed E-state index contributed by atoms with van der Waals surface area (Å²) in [7, 11) is 0. The zero-order valence-electron chi connectivity index (χ0n) is 9.05. The molecule has 86 valence electrons. The molecule has 0 fully saturated rings. The minimum Gasteiger partial charge on any atom is -0.508 e. The van der Waals surface area contributed by atoms with Gasteiger partial charge < -0.3 is 15.7 Å². The molecule has 1 aliphatic rings. The minimum absolute atomic E-state index is 0.140. The first-order valence-electron chi connectivity index (χ1n) is 5.15. The molecule has 1 aliphatic heterocycles. The molecule has 1 amide bonds. The maximum absolute atomic E-state index is 11.8. The lowest BCUT2D eigenvalue weighted by Crippen LogP contribution is -2.22. The fourth-order valence-corrected chi connectivity index (χ4v) is 1.35. The van der Waals surface area contributed by atoms with Crippen molar-refractivity contribution >= 4 is 5.91 Å². The van der Waals surface area contributed by atoms with Gasteiger partial charge in [0.2, 0.25) is 0 Å². The Kier molecular flexibility index (Phi) is 3.25. The molecule has 0 aromatic heterocycles. The highest BCUT2D eigenvalue weighted by molar-refractivity contribution is 5.95. The van der Waals surface area contributed by atoms with Crippen LogP contribution in [0.2, 0.25) is 0 Å². The third kappa shape index (κ3) is 2.98. The lowest BCUT2D eigenvalue weighted by atomic mass is 10.2. The minimum atomic E-state index is -0.218. The number of phenols is 1. The van der Waals surface area contributed by atoms with Crippen molar-refractivity contribution in [2.45, 2.75) is 0 Å². The smallest absolute Gasteiger partial charge is 0.255 e. The number of aromatic hydroxyl groups is 1. The Bertz CT molecular complexity index is 499. The Morgan fingerprint density at radius 1 is 1.18 bits per heavy atom. The van der Waals surface area contributed by atoms with Crippen LogP contribution in [-0.4, -0.2) is 11.0 Å². The van der Waals surface area contributed by atoms with E-state index >= 15 is 0 Å². The van der Waals surface area contributed by atoms with Gasteiger partial charge in [-0.05, 0) is 36.4 Å². The summed E-state index contributed by atoms with van der Waals surface area (Å²) in [6.45, 7) is 0. The van der Waals surface area contributed by atoms with Crippen molar-refractivity contribution in [2.75, 3.05) is 0 Å². The van der Waals surface area contributed by atoms with E-state index in [0.29, 0.717) is 11.3 Å². The third-order valence-electron chi connectivity index (χ3n) is 2.21. The van der Waals surface area contributed by atoms with Crippen molar-refractivity contribution < 1.29 is 9.90 Å². The number of benzene rings is 1. The average Bonchev–Trinajstić information content (AvgIpc) is 2.58. The molecule has 0 saturated heterocycles. The molecular formula is C13H12N2O2. The molecule has 1 aromatic rings. The van der Waals surface area contributed by atoms with Crippen molar-refractivity contribution in [3.8, 4) is 5.75 Å². The molecule has 4 heteroatoms. The van der Waals surface area contributed by atoms with Crippen LogP contribution in [0, 0.1) is 0 Å². The highest BCUT2D eigenvalue weighted by Gasteiger charge is 2.06. The predicted molar refractivity (Wildman–Crippen MR) is 65.1 cm³/mol. The second kappa shape index (κ2) is 5.03. The SMILES string of the molecule is O=C(NC1=CNC=CC=C1)c1ccc(O)cc1. The van der Waals surface area contributed by atoms with Crippen LogP contribution in [0.1, 0.15) is 10.4 Å².